The number of allylic oxidation sites excluding steroid dienone is 1. The van der Waals surface area contributed by atoms with Crippen molar-refractivity contribution in [2.75, 3.05) is 19.5 Å². The molecule has 6 nitrogen and oxygen atoms in total. The van der Waals surface area contributed by atoms with E-state index in [1.807, 2.05) is 0 Å². The van der Waals surface area contributed by atoms with Gasteiger partial charge in [0, 0.05) is 5.56 Å². The SMILES string of the molecule is COc1c(Cl)ccc(-c2cc(N)c(Cl)c(C(=O)NOCC3=CCCCC3)n2)c1F. The van der Waals surface area contributed by atoms with E-state index in [1.165, 1.54) is 25.3 Å². The molecule has 0 unspecified atom stereocenters. The fourth-order valence-corrected chi connectivity index (χ4v) is 3.44. The molecule has 0 saturated carbocycles. The van der Waals surface area contributed by atoms with Crippen molar-refractivity contribution >= 4 is 34.8 Å². The van der Waals surface area contributed by atoms with Crippen molar-refractivity contribution in [1.29, 1.82) is 0 Å². The van der Waals surface area contributed by atoms with Gasteiger partial charge in [0.2, 0.25) is 0 Å². The van der Waals surface area contributed by atoms with Crippen LogP contribution in [-0.4, -0.2) is 24.6 Å². The Balaban J connectivity index is 1.84. The number of anilines is 1. The zero-order valence-electron chi connectivity index (χ0n) is 15.7. The fraction of sp³-hybridized carbons (Fsp3) is 0.300. The topological polar surface area (TPSA) is 86.5 Å². The van der Waals surface area contributed by atoms with E-state index < -0.39 is 11.7 Å². The Morgan fingerprint density at radius 2 is 2.14 bits per heavy atom. The van der Waals surface area contributed by atoms with Crippen LogP contribution >= 0.6 is 23.2 Å². The zero-order chi connectivity index (χ0) is 21.0. The number of nitrogen functional groups attached to an aromatic ring is 1. The molecule has 3 N–H and O–H groups in total. The molecule has 9 heteroatoms. The summed E-state index contributed by atoms with van der Waals surface area (Å²) in [6.45, 7) is 0.279. The second-order valence-corrected chi connectivity index (χ2v) is 7.31. The van der Waals surface area contributed by atoms with Gasteiger partial charge in [0.05, 0.1) is 35.1 Å². The Morgan fingerprint density at radius 3 is 2.83 bits per heavy atom. The molecule has 29 heavy (non-hydrogen) atoms. The number of nitrogens with zero attached hydrogens (tertiary/aromatic N) is 1. The van der Waals surface area contributed by atoms with E-state index in [4.69, 9.17) is 38.5 Å². The van der Waals surface area contributed by atoms with Crippen LogP contribution < -0.4 is 16.0 Å². The number of amides is 1. The van der Waals surface area contributed by atoms with Crippen molar-refractivity contribution < 1.29 is 18.8 Å². The summed E-state index contributed by atoms with van der Waals surface area (Å²) in [4.78, 5) is 22.0. The van der Waals surface area contributed by atoms with Crippen molar-refractivity contribution in [2.45, 2.75) is 25.7 Å². The molecule has 1 aromatic carbocycles. The van der Waals surface area contributed by atoms with E-state index in [9.17, 15) is 9.18 Å². The van der Waals surface area contributed by atoms with Crippen LogP contribution in [0.25, 0.3) is 11.3 Å². The summed E-state index contributed by atoms with van der Waals surface area (Å²) in [5.41, 5.74) is 9.43. The molecule has 0 fully saturated rings. The maximum atomic E-state index is 14.7. The third-order valence-corrected chi connectivity index (χ3v) is 5.23. The molecule has 1 aliphatic carbocycles. The molecule has 1 heterocycles. The summed E-state index contributed by atoms with van der Waals surface area (Å²) in [6.07, 6.45) is 6.32. The van der Waals surface area contributed by atoms with E-state index in [0.29, 0.717) is 0 Å². The number of methoxy groups -OCH3 is 1. The summed E-state index contributed by atoms with van der Waals surface area (Å²) in [5, 5.41) is 0.0622. The van der Waals surface area contributed by atoms with Gasteiger partial charge in [-0.2, -0.15) is 0 Å². The van der Waals surface area contributed by atoms with Gasteiger partial charge in [-0.15, -0.1) is 0 Å². The highest BCUT2D eigenvalue weighted by Gasteiger charge is 2.21. The molecule has 0 aliphatic heterocycles. The summed E-state index contributed by atoms with van der Waals surface area (Å²) >= 11 is 12.1. The number of nitrogens with one attached hydrogen (secondary N) is 1. The number of hydroxylamine groups is 1. The number of ether oxygens (including phenoxy) is 1. The van der Waals surface area contributed by atoms with Gasteiger partial charge in [-0.05, 0) is 49.5 Å². The van der Waals surface area contributed by atoms with E-state index in [1.54, 1.807) is 0 Å². The van der Waals surface area contributed by atoms with Crippen LogP contribution in [0.3, 0.4) is 0 Å². The number of hydrogen-bond donors (Lipinski definition) is 2. The highest BCUT2D eigenvalue weighted by Crippen LogP contribution is 2.36. The minimum atomic E-state index is -0.721. The van der Waals surface area contributed by atoms with Crippen LogP contribution in [0, 0.1) is 5.82 Å². The molecule has 1 aromatic heterocycles. The Labute approximate surface area is 177 Å². The van der Waals surface area contributed by atoms with Gasteiger partial charge < -0.3 is 10.5 Å². The lowest BCUT2D eigenvalue weighted by molar-refractivity contribution is 0.0386. The van der Waals surface area contributed by atoms with Gasteiger partial charge in [-0.25, -0.2) is 14.9 Å². The molecule has 0 spiro atoms. The van der Waals surface area contributed by atoms with Crippen molar-refractivity contribution in [3.05, 3.63) is 51.4 Å². The lowest BCUT2D eigenvalue weighted by atomic mass is 10.0. The van der Waals surface area contributed by atoms with Crippen molar-refractivity contribution in [3.8, 4) is 17.0 Å². The predicted molar refractivity (Wildman–Crippen MR) is 111 cm³/mol. The van der Waals surface area contributed by atoms with Crippen molar-refractivity contribution in [1.82, 2.24) is 10.5 Å². The Morgan fingerprint density at radius 1 is 1.34 bits per heavy atom. The fourth-order valence-electron chi connectivity index (χ4n) is 3.03. The second kappa shape index (κ2) is 9.43. The Hall–Kier alpha value is -2.35. The Bertz CT molecular complexity index is 966. The van der Waals surface area contributed by atoms with Crippen LogP contribution in [0.4, 0.5) is 10.1 Å². The van der Waals surface area contributed by atoms with Gasteiger partial charge >= 0.3 is 0 Å². The summed E-state index contributed by atoms with van der Waals surface area (Å²) in [5.74, 6) is -1.53. The number of nitrogens with two attached hydrogens (primary N) is 1. The molecule has 154 valence electrons. The number of benzene rings is 1. The third-order valence-electron chi connectivity index (χ3n) is 4.54. The minimum Gasteiger partial charge on any atom is -0.492 e. The number of halogens is 3. The number of pyridine rings is 1. The molecule has 2 aromatic rings. The number of aromatic nitrogens is 1. The van der Waals surface area contributed by atoms with E-state index >= 15 is 0 Å². The molecular formula is C20H20Cl2FN3O3. The Kier molecular flexibility index (Phi) is 6.95. The molecule has 0 radical (unpaired) electrons. The van der Waals surface area contributed by atoms with Crippen LogP contribution in [0.2, 0.25) is 10.0 Å². The van der Waals surface area contributed by atoms with Gasteiger partial charge in [0.1, 0.15) is 0 Å². The lowest BCUT2D eigenvalue weighted by Gasteiger charge is -2.14. The van der Waals surface area contributed by atoms with E-state index in [-0.39, 0.29) is 45.0 Å². The van der Waals surface area contributed by atoms with Gasteiger partial charge in [-0.1, -0.05) is 29.3 Å². The molecule has 0 saturated heterocycles. The smallest absolute Gasteiger partial charge is 0.295 e. The van der Waals surface area contributed by atoms with Crippen molar-refractivity contribution in [3.63, 3.8) is 0 Å². The summed E-state index contributed by atoms with van der Waals surface area (Å²) in [7, 11) is 1.30. The average molecular weight is 440 g/mol. The summed E-state index contributed by atoms with van der Waals surface area (Å²) in [6, 6.07) is 4.26. The standard InChI is InChI=1S/C20H20Cl2FN3O3/c1-28-19-13(21)8-7-12(17(19)23)15-9-14(24)16(22)18(25-15)20(27)26-29-10-11-5-3-2-4-6-11/h5,7-9H,2-4,6,10H2,1H3,(H2,24,25)(H,26,27). The predicted octanol–water partition coefficient (Wildman–Crippen LogP) is 4.95. The minimum absolute atomic E-state index is 0.0481. The third kappa shape index (κ3) is 4.80. The van der Waals surface area contributed by atoms with E-state index in [2.05, 4.69) is 16.5 Å². The van der Waals surface area contributed by atoms with Gasteiger partial charge in [0.25, 0.3) is 5.91 Å². The van der Waals surface area contributed by atoms with Crippen LogP contribution in [0.5, 0.6) is 5.75 Å². The largest absolute Gasteiger partial charge is 0.492 e. The van der Waals surface area contributed by atoms with Crippen LogP contribution in [0.1, 0.15) is 36.2 Å². The normalized spacial score (nSPS) is 13.7. The number of hydrogen-bond acceptors (Lipinski definition) is 5. The molecule has 0 bridgehead atoms. The highest BCUT2D eigenvalue weighted by molar-refractivity contribution is 6.36. The first-order valence-corrected chi connectivity index (χ1v) is 9.76. The quantitative estimate of drug-likeness (QED) is 0.491. The van der Waals surface area contributed by atoms with Crippen LogP contribution in [0.15, 0.2) is 29.8 Å². The highest BCUT2D eigenvalue weighted by atomic mass is 35.5. The van der Waals surface area contributed by atoms with Crippen LogP contribution in [-0.2, 0) is 4.84 Å². The summed E-state index contributed by atoms with van der Waals surface area (Å²) < 4.78 is 19.7. The average Bonchev–Trinajstić information content (AvgIpc) is 2.71. The molecular weight excluding hydrogens is 420 g/mol. The number of carbonyl (C=O) groups excluding carboxylic acids is 1. The first-order chi connectivity index (χ1) is 13.9. The first kappa shape index (κ1) is 21.4. The maximum Gasteiger partial charge on any atom is 0.295 e. The van der Waals surface area contributed by atoms with Gasteiger partial charge in [0.15, 0.2) is 17.3 Å². The van der Waals surface area contributed by atoms with Gasteiger partial charge in [-0.3, -0.25) is 9.63 Å². The van der Waals surface area contributed by atoms with Crippen molar-refractivity contribution in [2.24, 2.45) is 0 Å². The second-order valence-electron chi connectivity index (χ2n) is 6.53. The van der Waals surface area contributed by atoms with E-state index in [0.717, 1.165) is 31.3 Å². The number of carbonyl (C=O) groups is 1. The maximum absolute atomic E-state index is 14.7. The zero-order valence-corrected chi connectivity index (χ0v) is 17.2. The molecule has 0 atom stereocenters. The molecule has 1 aliphatic rings. The molecule has 3 rings (SSSR count). The lowest BCUT2D eigenvalue weighted by Crippen LogP contribution is -2.26. The number of rotatable bonds is 6. The molecule has 1 amide bonds. The first-order valence-electron chi connectivity index (χ1n) is 9.00. The monoisotopic (exact) mass is 439 g/mol.